The molecule has 0 saturated heterocycles. The van der Waals surface area contributed by atoms with Crippen LogP contribution in [0.25, 0.3) is 5.69 Å². The van der Waals surface area contributed by atoms with Crippen molar-refractivity contribution in [2.24, 2.45) is 0 Å². The van der Waals surface area contributed by atoms with E-state index in [-0.39, 0.29) is 5.91 Å². The third-order valence-electron chi connectivity index (χ3n) is 3.66. The van der Waals surface area contributed by atoms with Gasteiger partial charge in [0, 0.05) is 21.8 Å². The predicted molar refractivity (Wildman–Crippen MR) is 102 cm³/mol. The maximum Gasteiger partial charge on any atom is 0.258 e. The summed E-state index contributed by atoms with van der Waals surface area (Å²) in [4.78, 5) is 12.5. The molecule has 0 bridgehead atoms. The fourth-order valence-corrected chi connectivity index (χ4v) is 2.72. The molecule has 0 aliphatic rings. The lowest BCUT2D eigenvalue weighted by molar-refractivity contribution is 0.102. The van der Waals surface area contributed by atoms with Crippen LogP contribution in [0.2, 0.25) is 5.02 Å². The molecule has 3 rings (SSSR count). The van der Waals surface area contributed by atoms with Crippen molar-refractivity contribution < 1.29 is 9.53 Å². The molecule has 1 aromatic heterocycles. The Hall–Kier alpha value is -2.31. The van der Waals surface area contributed by atoms with Crippen molar-refractivity contribution in [2.45, 2.75) is 6.92 Å². The molecule has 1 N–H and O–H groups in total. The number of aromatic nitrogens is 2. The van der Waals surface area contributed by atoms with Crippen molar-refractivity contribution in [2.75, 3.05) is 12.4 Å². The van der Waals surface area contributed by atoms with E-state index in [1.54, 1.807) is 23.0 Å². The first-order chi connectivity index (χ1) is 12.0. The van der Waals surface area contributed by atoms with Crippen molar-refractivity contribution in [3.8, 4) is 11.4 Å². The van der Waals surface area contributed by atoms with E-state index >= 15 is 0 Å². The number of rotatable bonds is 4. The highest BCUT2D eigenvalue weighted by molar-refractivity contribution is 9.10. The van der Waals surface area contributed by atoms with E-state index in [0.717, 1.165) is 15.7 Å². The summed E-state index contributed by atoms with van der Waals surface area (Å²) >= 11 is 9.48. The van der Waals surface area contributed by atoms with Gasteiger partial charge in [-0.05, 0) is 42.8 Å². The summed E-state index contributed by atoms with van der Waals surface area (Å²) in [6.45, 7) is 1.86. The summed E-state index contributed by atoms with van der Waals surface area (Å²) in [5, 5.41) is 7.66. The summed E-state index contributed by atoms with van der Waals surface area (Å²) in [5.74, 6) is 0.229. The first-order valence-corrected chi connectivity index (χ1v) is 8.61. The molecule has 0 unspecified atom stereocenters. The van der Waals surface area contributed by atoms with Crippen LogP contribution in [0.3, 0.4) is 0 Å². The van der Waals surface area contributed by atoms with Gasteiger partial charge in [0.25, 0.3) is 5.91 Å². The number of ether oxygens (including phenoxy) is 1. The van der Waals surface area contributed by atoms with E-state index in [1.165, 1.54) is 13.3 Å². The van der Waals surface area contributed by atoms with E-state index in [9.17, 15) is 4.79 Å². The molecule has 0 radical (unpaired) electrons. The quantitative estimate of drug-likeness (QED) is 0.656. The molecular formula is C18H15BrClN3O2. The Bertz CT molecular complexity index is 923. The highest BCUT2D eigenvalue weighted by Gasteiger charge is 2.14. The van der Waals surface area contributed by atoms with Crippen LogP contribution in [0.1, 0.15) is 15.9 Å². The summed E-state index contributed by atoms with van der Waals surface area (Å²) < 4.78 is 7.90. The van der Waals surface area contributed by atoms with Crippen molar-refractivity contribution in [3.05, 3.63) is 69.4 Å². The number of amides is 1. The van der Waals surface area contributed by atoms with Gasteiger partial charge in [-0.15, -0.1) is 0 Å². The zero-order valence-corrected chi connectivity index (χ0v) is 15.9. The Morgan fingerprint density at radius 2 is 2.00 bits per heavy atom. The van der Waals surface area contributed by atoms with Gasteiger partial charge in [-0.3, -0.25) is 4.79 Å². The zero-order chi connectivity index (χ0) is 18.0. The van der Waals surface area contributed by atoms with E-state index < -0.39 is 0 Å². The molecule has 0 aliphatic carbocycles. The van der Waals surface area contributed by atoms with Crippen LogP contribution in [-0.4, -0.2) is 22.8 Å². The first-order valence-electron chi connectivity index (χ1n) is 7.44. The summed E-state index contributed by atoms with van der Waals surface area (Å²) in [6, 6.07) is 11.1. The van der Waals surface area contributed by atoms with Crippen LogP contribution in [0.4, 0.5) is 5.69 Å². The number of benzene rings is 2. The van der Waals surface area contributed by atoms with E-state index in [2.05, 4.69) is 26.3 Å². The van der Waals surface area contributed by atoms with Gasteiger partial charge in [0.1, 0.15) is 5.75 Å². The second-order valence-electron chi connectivity index (χ2n) is 5.41. The van der Waals surface area contributed by atoms with Crippen molar-refractivity contribution in [3.63, 3.8) is 0 Å². The van der Waals surface area contributed by atoms with Gasteiger partial charge >= 0.3 is 0 Å². The molecule has 0 fully saturated rings. The van der Waals surface area contributed by atoms with Gasteiger partial charge in [-0.2, -0.15) is 5.10 Å². The van der Waals surface area contributed by atoms with Crippen molar-refractivity contribution >= 4 is 39.1 Å². The predicted octanol–water partition coefficient (Wildman–Crippen LogP) is 4.86. The maximum absolute atomic E-state index is 12.5. The number of carbonyl (C=O) groups is 1. The van der Waals surface area contributed by atoms with Crippen LogP contribution in [0, 0.1) is 6.92 Å². The third-order valence-corrected chi connectivity index (χ3v) is 4.60. The highest BCUT2D eigenvalue weighted by atomic mass is 79.9. The molecule has 0 atom stereocenters. The monoisotopic (exact) mass is 419 g/mol. The molecule has 7 heteroatoms. The Labute approximate surface area is 158 Å². The molecule has 1 heterocycles. The largest absolute Gasteiger partial charge is 0.495 e. The standard InChI is InChI=1S/C18H15BrClN3O2/c1-11-7-16(17(25-2)8-15(11)20)22-18(24)12-9-21-23(10-12)14-5-3-13(19)4-6-14/h3-10H,1-2H3,(H,22,24). The van der Waals surface area contributed by atoms with Gasteiger partial charge in [-0.25, -0.2) is 4.68 Å². The van der Waals surface area contributed by atoms with Crippen LogP contribution >= 0.6 is 27.5 Å². The molecule has 0 spiro atoms. The summed E-state index contributed by atoms with van der Waals surface area (Å²) in [5.41, 5.74) is 2.72. The van der Waals surface area contributed by atoms with Gasteiger partial charge in [0.15, 0.2) is 0 Å². The van der Waals surface area contributed by atoms with Crippen LogP contribution in [0.15, 0.2) is 53.3 Å². The number of carbonyl (C=O) groups excluding carboxylic acids is 1. The third kappa shape index (κ3) is 3.86. The smallest absolute Gasteiger partial charge is 0.258 e. The molecule has 5 nitrogen and oxygen atoms in total. The number of hydrogen-bond donors (Lipinski definition) is 1. The minimum absolute atomic E-state index is 0.275. The number of halogens is 2. The van der Waals surface area contributed by atoms with E-state index in [4.69, 9.17) is 16.3 Å². The van der Waals surface area contributed by atoms with Gasteiger partial charge in [-0.1, -0.05) is 27.5 Å². The van der Waals surface area contributed by atoms with Crippen LogP contribution in [-0.2, 0) is 0 Å². The average molecular weight is 421 g/mol. The van der Waals surface area contributed by atoms with Crippen LogP contribution < -0.4 is 10.1 Å². The maximum atomic E-state index is 12.5. The van der Waals surface area contributed by atoms with E-state index in [0.29, 0.717) is 22.0 Å². The van der Waals surface area contributed by atoms with Crippen molar-refractivity contribution in [1.29, 1.82) is 0 Å². The van der Waals surface area contributed by atoms with E-state index in [1.807, 2.05) is 31.2 Å². The number of aryl methyl sites for hydroxylation is 1. The van der Waals surface area contributed by atoms with Crippen molar-refractivity contribution in [1.82, 2.24) is 9.78 Å². The minimum Gasteiger partial charge on any atom is -0.495 e. The lowest BCUT2D eigenvalue weighted by atomic mass is 10.2. The topological polar surface area (TPSA) is 56.1 Å². The van der Waals surface area contributed by atoms with Crippen LogP contribution in [0.5, 0.6) is 5.75 Å². The number of anilines is 1. The van der Waals surface area contributed by atoms with Gasteiger partial charge < -0.3 is 10.1 Å². The Morgan fingerprint density at radius 1 is 1.28 bits per heavy atom. The minimum atomic E-state index is -0.275. The lowest BCUT2D eigenvalue weighted by Crippen LogP contribution is -2.12. The number of nitrogens with zero attached hydrogens (tertiary/aromatic N) is 2. The summed E-state index contributed by atoms with van der Waals surface area (Å²) in [6.07, 6.45) is 3.19. The normalized spacial score (nSPS) is 10.6. The fourth-order valence-electron chi connectivity index (χ4n) is 2.30. The lowest BCUT2D eigenvalue weighted by Gasteiger charge is -2.11. The molecule has 1 amide bonds. The molecule has 3 aromatic rings. The molecule has 0 saturated carbocycles. The molecule has 2 aromatic carbocycles. The average Bonchev–Trinajstić information content (AvgIpc) is 3.08. The number of hydrogen-bond acceptors (Lipinski definition) is 3. The summed E-state index contributed by atoms with van der Waals surface area (Å²) in [7, 11) is 1.53. The van der Waals surface area contributed by atoms with Gasteiger partial charge in [0.05, 0.1) is 30.2 Å². The number of methoxy groups -OCH3 is 1. The molecule has 25 heavy (non-hydrogen) atoms. The Morgan fingerprint density at radius 3 is 2.68 bits per heavy atom. The molecule has 128 valence electrons. The number of nitrogens with one attached hydrogen (secondary N) is 1. The fraction of sp³-hybridized carbons (Fsp3) is 0.111. The highest BCUT2D eigenvalue weighted by Crippen LogP contribution is 2.31. The second kappa shape index (κ2) is 7.29. The second-order valence-corrected chi connectivity index (χ2v) is 6.73. The Kier molecular flexibility index (Phi) is 5.11. The molecule has 0 aliphatic heterocycles. The first kappa shape index (κ1) is 17.5. The Balaban J connectivity index is 1.83. The SMILES string of the molecule is COc1cc(Cl)c(C)cc1NC(=O)c1cnn(-c2ccc(Br)cc2)c1. The van der Waals surface area contributed by atoms with Gasteiger partial charge in [0.2, 0.25) is 0 Å². The molecular weight excluding hydrogens is 406 g/mol. The zero-order valence-electron chi connectivity index (χ0n) is 13.6.